The summed E-state index contributed by atoms with van der Waals surface area (Å²) in [6.07, 6.45) is 0. The zero-order valence-corrected chi connectivity index (χ0v) is 24.2. The molecular weight excluding hydrogens is 607 g/mol. The number of carboxylic acids is 2. The first-order valence-corrected chi connectivity index (χ1v) is 12.2. The molecule has 0 spiro atoms. The van der Waals surface area contributed by atoms with E-state index in [0.717, 1.165) is 0 Å². The smallest absolute Gasteiger partial charge is 0.348 e. The Labute approximate surface area is 254 Å². The van der Waals surface area contributed by atoms with E-state index in [-0.39, 0.29) is 61.7 Å². The van der Waals surface area contributed by atoms with Crippen molar-refractivity contribution in [2.45, 2.75) is 27.7 Å². The van der Waals surface area contributed by atoms with E-state index < -0.39 is 23.2 Å². The fourth-order valence-corrected chi connectivity index (χ4v) is 3.71. The fourth-order valence-electron chi connectivity index (χ4n) is 3.71. The maximum atomic E-state index is 11.8. The number of carbonyl (C=O) groups is 2. The summed E-state index contributed by atoms with van der Waals surface area (Å²) in [5, 5.41) is 37.3. The van der Waals surface area contributed by atoms with Crippen LogP contribution >= 0.6 is 0 Å². The summed E-state index contributed by atoms with van der Waals surface area (Å²) in [5.74, 6) is -1.85. The Morgan fingerprint density at radius 1 is 0.628 bits per heavy atom. The van der Waals surface area contributed by atoms with Crippen molar-refractivity contribution in [1.29, 1.82) is 0 Å². The third-order valence-corrected chi connectivity index (χ3v) is 5.65. The number of benzene rings is 2. The van der Waals surface area contributed by atoms with E-state index in [4.69, 9.17) is 19.0 Å². The van der Waals surface area contributed by atoms with E-state index in [1.807, 2.05) is 0 Å². The number of hydrogen-bond acceptors (Lipinski definition) is 10. The zero-order valence-electron chi connectivity index (χ0n) is 23.2. The molecule has 0 bridgehead atoms. The van der Waals surface area contributed by atoms with Crippen molar-refractivity contribution in [2.24, 2.45) is 9.98 Å². The van der Waals surface area contributed by atoms with E-state index in [2.05, 4.69) is 9.98 Å². The van der Waals surface area contributed by atoms with Gasteiger partial charge in [-0.05, 0) is 76.2 Å². The molecule has 2 aromatic carbocycles. The van der Waals surface area contributed by atoms with Gasteiger partial charge in [0, 0.05) is 28.6 Å². The zero-order chi connectivity index (χ0) is 31.1. The van der Waals surface area contributed by atoms with Crippen LogP contribution in [0, 0.1) is 13.8 Å². The van der Waals surface area contributed by atoms with Gasteiger partial charge >= 0.3 is 23.2 Å². The monoisotopic (exact) mass is 632 g/mol. The normalized spacial score (nSPS) is 11.2. The van der Waals surface area contributed by atoms with Crippen LogP contribution in [0.25, 0.3) is 0 Å². The molecule has 4 rings (SSSR count). The summed E-state index contributed by atoms with van der Waals surface area (Å²) in [6.45, 7) is 6.24. The molecule has 0 amide bonds. The first kappa shape index (κ1) is 33.9. The van der Waals surface area contributed by atoms with Crippen LogP contribution in [0.3, 0.4) is 0 Å². The number of aliphatic imine (C=N–C) groups is 2. The number of aromatic carboxylic acids is 2. The van der Waals surface area contributed by atoms with E-state index in [1.165, 1.54) is 60.7 Å². The van der Waals surface area contributed by atoms with Gasteiger partial charge in [-0.1, -0.05) is 0 Å². The predicted octanol–water partition coefficient (Wildman–Crippen LogP) is 4.98. The molecule has 226 valence electrons. The van der Waals surface area contributed by atoms with Crippen molar-refractivity contribution in [1.82, 2.24) is 0 Å². The Hall–Kier alpha value is -5.29. The number of hydrogen-bond donors (Lipinski definition) is 4. The quantitative estimate of drug-likeness (QED) is 0.166. The van der Waals surface area contributed by atoms with Gasteiger partial charge < -0.3 is 29.3 Å². The van der Waals surface area contributed by atoms with Gasteiger partial charge in [0.25, 0.3) is 0 Å². The van der Waals surface area contributed by atoms with Crippen molar-refractivity contribution in [3.05, 3.63) is 115 Å². The SMILES string of the molecule is CC(=Nc1ccc(C(=O)O)cc1)c1c(O)cc(C)oc1=O.CC(=Nc1ccc(C(=O)O)cc1)c1c(O)cc(C)oc1=O.[Ni]. The fraction of sp³-hybridized carbons (Fsp3) is 0.133. The molecular formula is C30H26N2NiO10. The van der Waals surface area contributed by atoms with Crippen LogP contribution < -0.4 is 11.3 Å². The van der Waals surface area contributed by atoms with Crippen LogP contribution in [0.15, 0.2) is 89.1 Å². The van der Waals surface area contributed by atoms with Crippen LogP contribution in [0.4, 0.5) is 11.4 Å². The first-order valence-electron chi connectivity index (χ1n) is 12.2. The van der Waals surface area contributed by atoms with Gasteiger partial charge in [0.2, 0.25) is 0 Å². The molecule has 0 saturated carbocycles. The Bertz CT molecular complexity index is 1690. The average molecular weight is 633 g/mol. The summed E-state index contributed by atoms with van der Waals surface area (Å²) in [6, 6.07) is 14.4. The number of aryl methyl sites for hydroxylation is 2. The molecule has 43 heavy (non-hydrogen) atoms. The molecule has 0 saturated heterocycles. The minimum absolute atomic E-state index is 0. The van der Waals surface area contributed by atoms with Crippen LogP contribution in [0.5, 0.6) is 11.5 Å². The molecule has 2 heterocycles. The summed E-state index contributed by atoms with van der Waals surface area (Å²) in [4.78, 5) is 53.4. The maximum Gasteiger partial charge on any atom is 0.348 e. The average Bonchev–Trinajstić information content (AvgIpc) is 2.88. The molecule has 4 aromatic rings. The summed E-state index contributed by atoms with van der Waals surface area (Å²) >= 11 is 0. The number of aromatic hydroxyl groups is 2. The van der Waals surface area contributed by atoms with Gasteiger partial charge in [-0.2, -0.15) is 0 Å². The Balaban J connectivity index is 0.000000293. The molecule has 0 aliphatic rings. The van der Waals surface area contributed by atoms with E-state index in [9.17, 15) is 29.4 Å². The Morgan fingerprint density at radius 2 is 0.930 bits per heavy atom. The predicted molar refractivity (Wildman–Crippen MR) is 153 cm³/mol. The van der Waals surface area contributed by atoms with E-state index >= 15 is 0 Å². The third kappa shape index (κ3) is 8.85. The molecule has 4 N–H and O–H groups in total. The molecule has 0 unspecified atom stereocenters. The number of rotatable bonds is 6. The molecule has 13 heteroatoms. The summed E-state index contributed by atoms with van der Waals surface area (Å²) in [7, 11) is 0. The van der Waals surface area contributed by atoms with Crippen LogP contribution in [-0.2, 0) is 16.5 Å². The van der Waals surface area contributed by atoms with Gasteiger partial charge in [0.1, 0.15) is 34.1 Å². The van der Waals surface area contributed by atoms with Gasteiger partial charge in [-0.15, -0.1) is 0 Å². The van der Waals surface area contributed by atoms with E-state index in [0.29, 0.717) is 22.9 Å². The van der Waals surface area contributed by atoms with Crippen molar-refractivity contribution >= 4 is 34.7 Å². The minimum atomic E-state index is -1.03. The first-order chi connectivity index (χ1) is 19.8. The largest absolute Gasteiger partial charge is 0.507 e. The second-order valence-electron chi connectivity index (χ2n) is 8.91. The van der Waals surface area contributed by atoms with E-state index in [1.54, 1.807) is 27.7 Å². The molecule has 0 radical (unpaired) electrons. The van der Waals surface area contributed by atoms with Crippen LogP contribution in [-0.4, -0.2) is 43.8 Å². The summed E-state index contributed by atoms with van der Waals surface area (Å²) in [5.41, 5.74) is 0.425. The third-order valence-electron chi connectivity index (χ3n) is 5.65. The molecule has 0 aliphatic carbocycles. The van der Waals surface area contributed by atoms with Gasteiger partial charge in [0.05, 0.1) is 33.9 Å². The molecule has 0 fully saturated rings. The molecule has 2 aromatic heterocycles. The summed E-state index contributed by atoms with van der Waals surface area (Å²) < 4.78 is 9.85. The maximum absolute atomic E-state index is 11.8. The number of carboxylic acid groups (broad SMARTS) is 2. The Morgan fingerprint density at radius 3 is 1.19 bits per heavy atom. The van der Waals surface area contributed by atoms with Crippen LogP contribution in [0.2, 0.25) is 0 Å². The van der Waals surface area contributed by atoms with Crippen molar-refractivity contribution in [3.8, 4) is 11.5 Å². The molecule has 12 nitrogen and oxygen atoms in total. The van der Waals surface area contributed by atoms with Crippen LogP contribution in [0.1, 0.15) is 57.2 Å². The standard InChI is InChI=1S/2C15H13NO5.Ni/c2*1-8-7-12(17)13(15(20)21-8)9(2)16-11-5-3-10(4-6-11)14(18)19;/h2*3-7,17H,1-2H3,(H,18,19);. The topological polar surface area (TPSA) is 200 Å². The minimum Gasteiger partial charge on any atom is -0.507 e. The van der Waals surface area contributed by atoms with Gasteiger partial charge in [0.15, 0.2) is 0 Å². The Kier molecular flexibility index (Phi) is 11.5. The molecule has 0 aliphatic heterocycles. The number of nitrogens with zero attached hydrogens (tertiary/aromatic N) is 2. The van der Waals surface area contributed by atoms with Gasteiger partial charge in [-0.3, -0.25) is 9.98 Å². The van der Waals surface area contributed by atoms with Crippen molar-refractivity contribution in [3.63, 3.8) is 0 Å². The van der Waals surface area contributed by atoms with Gasteiger partial charge in [-0.25, -0.2) is 19.2 Å². The second kappa shape index (κ2) is 14.6. The molecule has 0 atom stereocenters. The second-order valence-corrected chi connectivity index (χ2v) is 8.91. The van der Waals surface area contributed by atoms with Crippen molar-refractivity contribution in [2.75, 3.05) is 0 Å². The van der Waals surface area contributed by atoms with Crippen molar-refractivity contribution < 1.29 is 55.3 Å².